The quantitative estimate of drug-likeness (QED) is 0.400. The highest BCUT2D eigenvalue weighted by molar-refractivity contribution is 6.39. The van der Waals surface area contributed by atoms with E-state index in [0.717, 1.165) is 0 Å². The number of rotatable bonds is 6. The molecule has 0 aliphatic rings. The lowest BCUT2D eigenvalue weighted by atomic mass is 10.2. The van der Waals surface area contributed by atoms with Gasteiger partial charge in [0.25, 0.3) is 5.91 Å². The lowest BCUT2D eigenvalue weighted by Crippen LogP contribution is -2.32. The molecule has 0 spiro atoms. The first-order chi connectivity index (χ1) is 12.4. The fourth-order valence-corrected chi connectivity index (χ4v) is 2.00. The molecule has 0 atom stereocenters. The number of halogens is 1. The van der Waals surface area contributed by atoms with E-state index in [1.54, 1.807) is 42.5 Å². The second-order valence-corrected chi connectivity index (χ2v) is 5.43. The Kier molecular flexibility index (Phi) is 6.69. The number of ether oxygens (including phenoxy) is 1. The van der Waals surface area contributed by atoms with Crippen molar-refractivity contribution in [3.63, 3.8) is 0 Å². The van der Waals surface area contributed by atoms with Crippen LogP contribution in [0.3, 0.4) is 0 Å². The molecule has 0 aromatic heterocycles. The molecule has 0 aliphatic carbocycles. The Bertz CT molecular complexity index is 854. The summed E-state index contributed by atoms with van der Waals surface area (Å²) >= 11 is 5.80. The molecule has 0 saturated heterocycles. The number of benzene rings is 2. The third-order valence-electron chi connectivity index (χ3n) is 2.91. The average molecular weight is 375 g/mol. The highest BCUT2D eigenvalue weighted by Crippen LogP contribution is 2.14. The second kappa shape index (κ2) is 9.19. The highest BCUT2D eigenvalue weighted by atomic mass is 35.5. The fraction of sp³-hybridized carbons (Fsp3) is 0.0588. The van der Waals surface area contributed by atoms with E-state index in [0.29, 0.717) is 22.0 Å². The van der Waals surface area contributed by atoms with Gasteiger partial charge in [-0.1, -0.05) is 29.8 Å². The summed E-state index contributed by atoms with van der Waals surface area (Å²) in [5.41, 5.74) is 8.08. The minimum absolute atomic E-state index is 0.249. The first-order valence-corrected chi connectivity index (χ1v) is 7.73. The van der Waals surface area contributed by atoms with Gasteiger partial charge in [0, 0.05) is 10.7 Å². The molecular formula is C17H15ClN4O4. The normalized spacial score (nSPS) is 10.3. The Labute approximate surface area is 154 Å². The maximum atomic E-state index is 11.8. The van der Waals surface area contributed by atoms with E-state index in [9.17, 15) is 14.4 Å². The van der Waals surface area contributed by atoms with E-state index >= 15 is 0 Å². The molecule has 0 fully saturated rings. The summed E-state index contributed by atoms with van der Waals surface area (Å²) < 4.78 is 5.15. The number of hydrazone groups is 1. The van der Waals surface area contributed by atoms with Crippen LogP contribution < -0.4 is 21.2 Å². The van der Waals surface area contributed by atoms with E-state index in [4.69, 9.17) is 22.1 Å². The van der Waals surface area contributed by atoms with Crippen LogP contribution in [0.4, 0.5) is 5.69 Å². The molecule has 0 heterocycles. The van der Waals surface area contributed by atoms with Gasteiger partial charge in [-0.3, -0.25) is 14.4 Å². The number of hydrogen-bond donors (Lipinski definition) is 3. The van der Waals surface area contributed by atoms with Gasteiger partial charge in [0.05, 0.1) is 6.21 Å². The predicted molar refractivity (Wildman–Crippen MR) is 96.9 cm³/mol. The molecular weight excluding hydrogens is 360 g/mol. The Morgan fingerprint density at radius 3 is 2.62 bits per heavy atom. The van der Waals surface area contributed by atoms with Crippen molar-refractivity contribution < 1.29 is 19.1 Å². The SMILES string of the molecule is NC(=O)COc1cccc(/C=N/NC(=O)C(=O)Nc2cccc(Cl)c2)c1. The standard InChI is InChI=1S/C17H15ClN4O4/c18-12-4-2-5-13(8-12)21-16(24)17(25)22-20-9-11-3-1-6-14(7-11)26-10-15(19)23/h1-9H,10H2,(H2,19,23)(H,21,24)(H,22,25)/b20-9+. The summed E-state index contributed by atoms with van der Waals surface area (Å²) in [5, 5.41) is 6.52. The number of carbonyl (C=O) groups is 3. The molecule has 134 valence electrons. The summed E-state index contributed by atoms with van der Waals surface area (Å²) in [7, 11) is 0. The number of primary amides is 1. The zero-order valence-corrected chi connectivity index (χ0v) is 14.2. The van der Waals surface area contributed by atoms with E-state index < -0.39 is 17.7 Å². The molecule has 3 amide bonds. The van der Waals surface area contributed by atoms with Crippen molar-refractivity contribution in [2.24, 2.45) is 10.8 Å². The summed E-state index contributed by atoms with van der Waals surface area (Å²) in [5.74, 6) is -2.01. The number of nitrogens with one attached hydrogen (secondary N) is 2. The third-order valence-corrected chi connectivity index (χ3v) is 3.14. The van der Waals surface area contributed by atoms with Crippen LogP contribution in [-0.2, 0) is 14.4 Å². The number of amides is 3. The number of nitrogens with two attached hydrogens (primary N) is 1. The van der Waals surface area contributed by atoms with Crippen LogP contribution >= 0.6 is 11.6 Å². The van der Waals surface area contributed by atoms with Crippen LogP contribution in [0.1, 0.15) is 5.56 Å². The molecule has 0 unspecified atom stereocenters. The van der Waals surface area contributed by atoms with Crippen LogP contribution in [0, 0.1) is 0 Å². The highest BCUT2D eigenvalue weighted by Gasteiger charge is 2.12. The molecule has 4 N–H and O–H groups in total. The first kappa shape index (κ1) is 18.9. The van der Waals surface area contributed by atoms with Crippen molar-refractivity contribution in [1.82, 2.24) is 5.43 Å². The van der Waals surface area contributed by atoms with E-state index in [2.05, 4.69) is 15.8 Å². The van der Waals surface area contributed by atoms with Gasteiger partial charge in [-0.05, 0) is 35.9 Å². The Hall–Kier alpha value is -3.39. The minimum Gasteiger partial charge on any atom is -0.484 e. The van der Waals surface area contributed by atoms with Gasteiger partial charge in [0.15, 0.2) is 6.61 Å². The van der Waals surface area contributed by atoms with Crippen molar-refractivity contribution in [1.29, 1.82) is 0 Å². The molecule has 2 aromatic rings. The van der Waals surface area contributed by atoms with E-state index in [1.807, 2.05) is 0 Å². The molecule has 9 heteroatoms. The fourth-order valence-electron chi connectivity index (χ4n) is 1.81. The molecule has 0 saturated carbocycles. The predicted octanol–water partition coefficient (Wildman–Crippen LogP) is 1.29. The Balaban J connectivity index is 1.89. The zero-order valence-electron chi connectivity index (χ0n) is 13.4. The van der Waals surface area contributed by atoms with Gasteiger partial charge in [0.2, 0.25) is 0 Å². The van der Waals surface area contributed by atoms with Gasteiger partial charge in [-0.2, -0.15) is 5.10 Å². The van der Waals surface area contributed by atoms with Crippen LogP contribution in [0.5, 0.6) is 5.75 Å². The molecule has 0 radical (unpaired) electrons. The Morgan fingerprint density at radius 1 is 1.12 bits per heavy atom. The van der Waals surface area contributed by atoms with Gasteiger partial charge in [-0.15, -0.1) is 0 Å². The number of anilines is 1. The van der Waals surface area contributed by atoms with Gasteiger partial charge in [-0.25, -0.2) is 5.43 Å². The maximum absolute atomic E-state index is 11.8. The van der Waals surface area contributed by atoms with Crippen molar-refractivity contribution >= 4 is 41.2 Å². The largest absolute Gasteiger partial charge is 0.484 e. The van der Waals surface area contributed by atoms with Crippen LogP contribution in [0.25, 0.3) is 0 Å². The zero-order chi connectivity index (χ0) is 18.9. The topological polar surface area (TPSA) is 123 Å². The summed E-state index contributed by atoms with van der Waals surface area (Å²) in [6.45, 7) is -0.249. The van der Waals surface area contributed by atoms with Crippen molar-refractivity contribution in [3.8, 4) is 5.75 Å². The molecule has 2 aromatic carbocycles. The van der Waals surface area contributed by atoms with Gasteiger partial charge in [0.1, 0.15) is 5.75 Å². The summed E-state index contributed by atoms with van der Waals surface area (Å²) in [4.78, 5) is 34.2. The Morgan fingerprint density at radius 2 is 1.88 bits per heavy atom. The van der Waals surface area contributed by atoms with Crippen LogP contribution in [0.2, 0.25) is 5.02 Å². The van der Waals surface area contributed by atoms with Crippen LogP contribution in [-0.4, -0.2) is 30.5 Å². The lowest BCUT2D eigenvalue weighted by Gasteiger charge is -2.05. The van der Waals surface area contributed by atoms with E-state index in [-0.39, 0.29) is 6.61 Å². The average Bonchev–Trinajstić information content (AvgIpc) is 2.60. The van der Waals surface area contributed by atoms with Crippen LogP contribution in [0.15, 0.2) is 53.6 Å². The number of nitrogens with zero attached hydrogens (tertiary/aromatic N) is 1. The first-order valence-electron chi connectivity index (χ1n) is 7.35. The number of hydrogen-bond acceptors (Lipinski definition) is 5. The molecule has 8 nitrogen and oxygen atoms in total. The monoisotopic (exact) mass is 374 g/mol. The third kappa shape index (κ3) is 6.25. The molecule has 2 rings (SSSR count). The van der Waals surface area contributed by atoms with Crippen molar-refractivity contribution in [2.45, 2.75) is 0 Å². The second-order valence-electron chi connectivity index (χ2n) is 4.99. The molecule has 26 heavy (non-hydrogen) atoms. The molecule has 0 aliphatic heterocycles. The van der Waals surface area contributed by atoms with Crippen molar-refractivity contribution in [2.75, 3.05) is 11.9 Å². The summed E-state index contributed by atoms with van der Waals surface area (Å²) in [6, 6.07) is 13.0. The maximum Gasteiger partial charge on any atom is 0.329 e. The van der Waals surface area contributed by atoms with Gasteiger partial charge >= 0.3 is 11.8 Å². The minimum atomic E-state index is -0.942. The van der Waals surface area contributed by atoms with Gasteiger partial charge < -0.3 is 15.8 Å². The smallest absolute Gasteiger partial charge is 0.329 e. The lowest BCUT2D eigenvalue weighted by molar-refractivity contribution is -0.136. The summed E-state index contributed by atoms with van der Waals surface area (Å²) in [6.07, 6.45) is 1.32. The number of carbonyl (C=O) groups excluding carboxylic acids is 3. The van der Waals surface area contributed by atoms with Crippen molar-refractivity contribution in [3.05, 3.63) is 59.1 Å². The van der Waals surface area contributed by atoms with E-state index in [1.165, 1.54) is 12.3 Å². The molecule has 0 bridgehead atoms.